The predicted octanol–water partition coefficient (Wildman–Crippen LogP) is 5.32. The van der Waals surface area contributed by atoms with Crippen molar-refractivity contribution < 1.29 is 24.6 Å². The van der Waals surface area contributed by atoms with Crippen LogP contribution < -0.4 is 0 Å². The van der Waals surface area contributed by atoms with Gasteiger partial charge in [0, 0.05) is 12.0 Å². The Morgan fingerprint density at radius 1 is 0.897 bits per heavy atom. The standard InChI is InChI=1S/C12H10O3.C12H24O2/c13-11(8-9-12(14)15)7-6-10-4-2-1-3-5-10;1-3-4-5-6-7-8-9-10-11(2)12(13)14/h1-5H,8-9H2,(H,14,15);11H,3-10H2,1-2H3,(H,13,14). The Hall–Kier alpha value is -2.61. The zero-order valence-electron chi connectivity index (χ0n) is 17.7. The van der Waals surface area contributed by atoms with Crippen molar-refractivity contribution in [3.05, 3.63) is 35.9 Å². The number of unbranched alkanes of at least 4 members (excludes halogenated alkanes) is 6. The highest BCUT2D eigenvalue weighted by atomic mass is 16.4. The molecule has 0 aliphatic heterocycles. The van der Waals surface area contributed by atoms with E-state index in [9.17, 15) is 14.4 Å². The van der Waals surface area contributed by atoms with Gasteiger partial charge in [0.1, 0.15) is 0 Å². The summed E-state index contributed by atoms with van der Waals surface area (Å²) in [5.41, 5.74) is 0.751. The number of rotatable bonds is 12. The Balaban J connectivity index is 0.000000543. The molecule has 0 aliphatic rings. The summed E-state index contributed by atoms with van der Waals surface area (Å²) in [6, 6.07) is 9.09. The minimum absolute atomic E-state index is 0.0326. The number of hydrogen-bond donors (Lipinski definition) is 2. The van der Waals surface area contributed by atoms with E-state index in [2.05, 4.69) is 18.8 Å². The third-order valence-electron chi connectivity index (χ3n) is 4.35. The van der Waals surface area contributed by atoms with E-state index >= 15 is 0 Å². The monoisotopic (exact) mass is 402 g/mol. The topological polar surface area (TPSA) is 91.7 Å². The molecule has 5 nitrogen and oxygen atoms in total. The van der Waals surface area contributed by atoms with Gasteiger partial charge in [-0.2, -0.15) is 0 Å². The minimum atomic E-state index is -0.982. The van der Waals surface area contributed by atoms with E-state index in [-0.39, 0.29) is 24.5 Å². The van der Waals surface area contributed by atoms with E-state index in [1.54, 1.807) is 19.1 Å². The van der Waals surface area contributed by atoms with Gasteiger partial charge in [-0.15, -0.1) is 0 Å². The number of carbonyl (C=O) groups is 3. The summed E-state index contributed by atoms with van der Waals surface area (Å²) >= 11 is 0. The highest BCUT2D eigenvalue weighted by molar-refractivity contribution is 5.97. The molecule has 160 valence electrons. The molecule has 0 saturated heterocycles. The molecule has 1 atom stereocenters. The van der Waals surface area contributed by atoms with Crippen molar-refractivity contribution in [3.63, 3.8) is 0 Å². The van der Waals surface area contributed by atoms with E-state index in [1.807, 2.05) is 18.2 Å². The lowest BCUT2D eigenvalue weighted by molar-refractivity contribution is -0.141. The van der Waals surface area contributed by atoms with Crippen molar-refractivity contribution in [2.45, 2.75) is 78.1 Å². The van der Waals surface area contributed by atoms with Crippen molar-refractivity contribution >= 4 is 17.7 Å². The molecular formula is C24H34O5. The maximum Gasteiger partial charge on any atom is 0.306 e. The Kier molecular flexibility index (Phi) is 15.9. The van der Waals surface area contributed by atoms with E-state index in [0.717, 1.165) is 18.4 Å². The fourth-order valence-corrected chi connectivity index (χ4v) is 2.48. The first-order valence-electron chi connectivity index (χ1n) is 10.4. The third kappa shape index (κ3) is 17.2. The fourth-order valence-electron chi connectivity index (χ4n) is 2.48. The van der Waals surface area contributed by atoms with Crippen molar-refractivity contribution in [2.75, 3.05) is 0 Å². The fraction of sp³-hybridized carbons (Fsp3) is 0.542. The first-order valence-corrected chi connectivity index (χ1v) is 10.4. The van der Waals surface area contributed by atoms with Gasteiger partial charge in [-0.05, 0) is 24.5 Å². The molecule has 0 heterocycles. The van der Waals surface area contributed by atoms with Gasteiger partial charge in [-0.1, -0.05) is 82.9 Å². The normalized spacial score (nSPS) is 10.7. The molecular weight excluding hydrogens is 368 g/mol. The summed E-state index contributed by atoms with van der Waals surface area (Å²) in [5.74, 6) is 2.93. The van der Waals surface area contributed by atoms with Crippen LogP contribution in [0.1, 0.15) is 83.6 Å². The van der Waals surface area contributed by atoms with Crippen LogP contribution in [0.5, 0.6) is 0 Å². The second-order valence-electron chi connectivity index (χ2n) is 7.08. The lowest BCUT2D eigenvalue weighted by atomic mass is 10.0. The average Bonchev–Trinajstić information content (AvgIpc) is 2.71. The number of carbonyl (C=O) groups excluding carboxylic acids is 1. The van der Waals surface area contributed by atoms with Gasteiger partial charge in [-0.3, -0.25) is 14.4 Å². The van der Waals surface area contributed by atoms with Gasteiger partial charge < -0.3 is 10.2 Å². The SMILES string of the molecule is CCCCCCCCCC(C)C(=O)O.O=C(O)CCC(=O)C#Cc1ccccc1. The molecule has 29 heavy (non-hydrogen) atoms. The molecule has 5 heteroatoms. The summed E-state index contributed by atoms with van der Waals surface area (Å²) in [6.07, 6.45) is 9.45. The molecule has 1 aromatic carbocycles. The summed E-state index contributed by atoms with van der Waals surface area (Å²) in [4.78, 5) is 31.8. The maximum atomic E-state index is 11.1. The summed E-state index contributed by atoms with van der Waals surface area (Å²) in [7, 11) is 0. The molecule has 0 bridgehead atoms. The number of hydrogen-bond acceptors (Lipinski definition) is 3. The number of ketones is 1. The molecule has 0 saturated carbocycles. The lowest BCUT2D eigenvalue weighted by Crippen LogP contribution is -2.08. The number of Topliss-reactive ketones (excluding diaryl/α,β-unsaturated/α-hetero) is 1. The number of carboxylic acid groups (broad SMARTS) is 2. The predicted molar refractivity (Wildman–Crippen MR) is 115 cm³/mol. The third-order valence-corrected chi connectivity index (χ3v) is 4.35. The molecule has 1 rings (SSSR count). The molecule has 0 amide bonds. The van der Waals surface area contributed by atoms with Crippen LogP contribution >= 0.6 is 0 Å². The molecule has 0 aromatic heterocycles. The Morgan fingerprint density at radius 3 is 2.03 bits per heavy atom. The van der Waals surface area contributed by atoms with Crippen LogP contribution in [0.15, 0.2) is 30.3 Å². The van der Waals surface area contributed by atoms with Crippen LogP contribution in [0.2, 0.25) is 0 Å². The number of benzene rings is 1. The van der Waals surface area contributed by atoms with E-state index < -0.39 is 11.9 Å². The Labute approximate surface area is 174 Å². The van der Waals surface area contributed by atoms with E-state index in [0.29, 0.717) is 0 Å². The Bertz CT molecular complexity index is 655. The van der Waals surface area contributed by atoms with E-state index in [1.165, 1.54) is 38.5 Å². The molecule has 1 unspecified atom stereocenters. The summed E-state index contributed by atoms with van der Waals surface area (Å²) in [5, 5.41) is 17.0. The molecule has 2 N–H and O–H groups in total. The summed E-state index contributed by atoms with van der Waals surface area (Å²) < 4.78 is 0. The quantitative estimate of drug-likeness (QED) is 0.365. The molecule has 0 aliphatic carbocycles. The number of aliphatic carboxylic acids is 2. The largest absolute Gasteiger partial charge is 0.481 e. The zero-order valence-corrected chi connectivity index (χ0v) is 17.7. The van der Waals surface area contributed by atoms with Gasteiger partial charge in [0.25, 0.3) is 0 Å². The molecule has 0 spiro atoms. The second kappa shape index (κ2) is 17.5. The van der Waals surface area contributed by atoms with Crippen molar-refractivity contribution in [2.24, 2.45) is 5.92 Å². The minimum Gasteiger partial charge on any atom is -0.481 e. The van der Waals surface area contributed by atoms with Crippen LogP contribution in [-0.2, 0) is 14.4 Å². The first kappa shape index (κ1) is 26.4. The molecule has 1 aromatic rings. The number of carboxylic acids is 2. The van der Waals surface area contributed by atoms with Gasteiger partial charge in [-0.25, -0.2) is 0 Å². The summed E-state index contributed by atoms with van der Waals surface area (Å²) in [6.45, 7) is 4.01. The highest BCUT2D eigenvalue weighted by Gasteiger charge is 2.09. The Morgan fingerprint density at radius 2 is 1.48 bits per heavy atom. The van der Waals surface area contributed by atoms with Gasteiger partial charge >= 0.3 is 11.9 Å². The van der Waals surface area contributed by atoms with E-state index in [4.69, 9.17) is 10.2 Å². The average molecular weight is 403 g/mol. The van der Waals surface area contributed by atoms with Crippen LogP contribution in [0.4, 0.5) is 0 Å². The smallest absolute Gasteiger partial charge is 0.306 e. The van der Waals surface area contributed by atoms with Crippen molar-refractivity contribution in [1.82, 2.24) is 0 Å². The molecule has 0 fully saturated rings. The van der Waals surface area contributed by atoms with Gasteiger partial charge in [0.05, 0.1) is 12.3 Å². The first-order chi connectivity index (χ1) is 13.9. The van der Waals surface area contributed by atoms with Crippen LogP contribution in [0.3, 0.4) is 0 Å². The van der Waals surface area contributed by atoms with Gasteiger partial charge in [0.2, 0.25) is 5.78 Å². The zero-order chi connectivity index (χ0) is 21.9. The second-order valence-corrected chi connectivity index (χ2v) is 7.08. The van der Waals surface area contributed by atoms with Crippen LogP contribution in [-0.4, -0.2) is 27.9 Å². The maximum absolute atomic E-state index is 11.1. The molecule has 0 radical (unpaired) electrons. The van der Waals surface area contributed by atoms with Crippen LogP contribution in [0, 0.1) is 17.8 Å². The lowest BCUT2D eigenvalue weighted by Gasteiger charge is -2.05. The highest BCUT2D eigenvalue weighted by Crippen LogP contribution is 2.12. The van der Waals surface area contributed by atoms with Crippen LogP contribution in [0.25, 0.3) is 0 Å². The van der Waals surface area contributed by atoms with Crippen molar-refractivity contribution in [3.8, 4) is 11.8 Å². The van der Waals surface area contributed by atoms with Crippen molar-refractivity contribution in [1.29, 1.82) is 0 Å². The van der Waals surface area contributed by atoms with Gasteiger partial charge in [0.15, 0.2) is 0 Å².